The first-order chi connectivity index (χ1) is 9.97. The van der Waals surface area contributed by atoms with E-state index in [1.807, 2.05) is 0 Å². The summed E-state index contributed by atoms with van der Waals surface area (Å²) in [5, 5.41) is 2.73. The highest BCUT2D eigenvalue weighted by atomic mass is 79.9. The van der Waals surface area contributed by atoms with Gasteiger partial charge in [-0.1, -0.05) is 0 Å². The predicted octanol–water partition coefficient (Wildman–Crippen LogP) is 2.80. The molecule has 21 heavy (non-hydrogen) atoms. The van der Waals surface area contributed by atoms with E-state index >= 15 is 0 Å². The molecule has 1 heterocycles. The van der Waals surface area contributed by atoms with Gasteiger partial charge in [0.25, 0.3) is 11.8 Å². The quantitative estimate of drug-likeness (QED) is 0.928. The van der Waals surface area contributed by atoms with Gasteiger partial charge in [0.2, 0.25) is 0 Å². The van der Waals surface area contributed by atoms with E-state index in [9.17, 15) is 9.59 Å². The number of aromatic nitrogens is 1. The minimum absolute atomic E-state index is 0.0811. The summed E-state index contributed by atoms with van der Waals surface area (Å²) >= 11 is 3.26. The highest BCUT2D eigenvalue weighted by Gasteiger charge is 2.10. The van der Waals surface area contributed by atoms with Crippen molar-refractivity contribution >= 4 is 33.4 Å². The maximum Gasteiger partial charge on any atom is 0.274 e. The molecule has 2 aromatic rings. The van der Waals surface area contributed by atoms with Crippen LogP contribution in [0.2, 0.25) is 0 Å². The molecule has 1 aromatic heterocycles. The normalized spacial score (nSPS) is 10.0. The van der Waals surface area contributed by atoms with Crippen LogP contribution in [0.5, 0.6) is 0 Å². The summed E-state index contributed by atoms with van der Waals surface area (Å²) in [6.07, 6.45) is 1.56. The molecular weight excluding hydrogens is 334 g/mol. The Hall–Kier alpha value is -2.21. The molecule has 6 heteroatoms. The van der Waals surface area contributed by atoms with Crippen LogP contribution in [0.4, 0.5) is 5.69 Å². The van der Waals surface area contributed by atoms with Crippen molar-refractivity contribution in [3.05, 3.63) is 58.3 Å². The number of carbonyl (C=O) groups excluding carboxylic acids is 2. The first kappa shape index (κ1) is 15.2. The van der Waals surface area contributed by atoms with Crippen LogP contribution in [0, 0.1) is 0 Å². The van der Waals surface area contributed by atoms with Gasteiger partial charge in [-0.25, -0.2) is 4.98 Å². The average Bonchev–Trinajstić information content (AvgIpc) is 2.47. The van der Waals surface area contributed by atoms with E-state index in [1.54, 1.807) is 56.7 Å². The molecule has 0 saturated heterocycles. The van der Waals surface area contributed by atoms with Gasteiger partial charge in [0.15, 0.2) is 0 Å². The van der Waals surface area contributed by atoms with E-state index in [2.05, 4.69) is 26.2 Å². The van der Waals surface area contributed by atoms with Gasteiger partial charge >= 0.3 is 0 Å². The van der Waals surface area contributed by atoms with E-state index in [4.69, 9.17) is 0 Å². The van der Waals surface area contributed by atoms with Gasteiger partial charge in [-0.15, -0.1) is 0 Å². The Bertz CT molecular complexity index is 652. The van der Waals surface area contributed by atoms with Crippen molar-refractivity contribution in [1.82, 2.24) is 9.88 Å². The Labute approximate surface area is 131 Å². The lowest BCUT2D eigenvalue weighted by Crippen LogP contribution is -2.21. The van der Waals surface area contributed by atoms with Crippen LogP contribution in [0.1, 0.15) is 20.8 Å². The Morgan fingerprint density at radius 1 is 1.10 bits per heavy atom. The van der Waals surface area contributed by atoms with Crippen LogP contribution in [0.3, 0.4) is 0 Å². The molecule has 0 aliphatic carbocycles. The van der Waals surface area contributed by atoms with E-state index in [1.165, 1.54) is 4.90 Å². The molecule has 108 valence electrons. The van der Waals surface area contributed by atoms with Crippen LogP contribution in [-0.4, -0.2) is 35.8 Å². The van der Waals surface area contributed by atoms with Gasteiger partial charge in [-0.05, 0) is 52.3 Å². The number of amides is 2. The lowest BCUT2D eigenvalue weighted by molar-refractivity contribution is 0.0827. The number of benzene rings is 1. The second-order valence-corrected chi connectivity index (χ2v) is 5.51. The molecule has 0 aliphatic heterocycles. The van der Waals surface area contributed by atoms with Crippen LogP contribution in [-0.2, 0) is 0 Å². The lowest BCUT2D eigenvalue weighted by Gasteiger charge is -2.10. The largest absolute Gasteiger partial charge is 0.345 e. The molecule has 0 atom stereocenters. The van der Waals surface area contributed by atoms with Crippen LogP contribution in [0.25, 0.3) is 0 Å². The first-order valence-electron chi connectivity index (χ1n) is 6.22. The molecule has 0 bridgehead atoms. The molecule has 0 aliphatic rings. The number of rotatable bonds is 3. The van der Waals surface area contributed by atoms with Crippen LogP contribution in [0.15, 0.2) is 47.1 Å². The predicted molar refractivity (Wildman–Crippen MR) is 84.3 cm³/mol. The van der Waals surface area contributed by atoms with Gasteiger partial charge in [0.05, 0.1) is 0 Å². The highest BCUT2D eigenvalue weighted by Crippen LogP contribution is 2.13. The third-order valence-corrected chi connectivity index (χ3v) is 3.23. The first-order valence-corrected chi connectivity index (χ1v) is 7.01. The number of nitrogens with one attached hydrogen (secondary N) is 1. The monoisotopic (exact) mass is 347 g/mol. The minimum Gasteiger partial charge on any atom is -0.345 e. The topological polar surface area (TPSA) is 62.3 Å². The van der Waals surface area contributed by atoms with Gasteiger partial charge in [-0.2, -0.15) is 0 Å². The number of hydrogen-bond donors (Lipinski definition) is 1. The summed E-state index contributed by atoms with van der Waals surface area (Å²) in [4.78, 5) is 29.3. The number of nitrogens with zero attached hydrogens (tertiary/aromatic N) is 2. The molecule has 0 spiro atoms. The van der Waals surface area contributed by atoms with Crippen molar-refractivity contribution in [3.8, 4) is 0 Å². The summed E-state index contributed by atoms with van der Waals surface area (Å²) in [6, 6.07) is 10.1. The van der Waals surface area contributed by atoms with Crippen molar-refractivity contribution in [2.24, 2.45) is 0 Å². The fraction of sp³-hybridized carbons (Fsp3) is 0.133. The van der Waals surface area contributed by atoms with Crippen molar-refractivity contribution < 1.29 is 9.59 Å². The molecule has 0 saturated carbocycles. The summed E-state index contributed by atoms with van der Waals surface area (Å²) in [5.74, 6) is -0.378. The van der Waals surface area contributed by atoms with Crippen molar-refractivity contribution in [2.45, 2.75) is 0 Å². The molecule has 0 radical (unpaired) electrons. The fourth-order valence-electron chi connectivity index (χ4n) is 1.66. The number of halogens is 1. The standard InChI is InChI=1S/C15H14BrN3O2/c1-19(2)15(21)10-3-6-12(7-4-10)18-14(20)13-8-5-11(16)9-17-13/h3-9H,1-2H3,(H,18,20). The SMILES string of the molecule is CN(C)C(=O)c1ccc(NC(=O)c2ccc(Br)cn2)cc1. The summed E-state index contributed by atoms with van der Waals surface area (Å²) < 4.78 is 0.811. The third-order valence-electron chi connectivity index (χ3n) is 2.76. The van der Waals surface area contributed by atoms with E-state index < -0.39 is 0 Å². The maximum atomic E-state index is 12.0. The molecule has 2 amide bonds. The third kappa shape index (κ3) is 3.88. The number of anilines is 1. The number of carbonyl (C=O) groups is 2. The lowest BCUT2D eigenvalue weighted by atomic mass is 10.2. The van der Waals surface area contributed by atoms with E-state index in [-0.39, 0.29) is 11.8 Å². The van der Waals surface area contributed by atoms with Crippen molar-refractivity contribution in [1.29, 1.82) is 0 Å². The van der Waals surface area contributed by atoms with Crippen molar-refractivity contribution in [3.63, 3.8) is 0 Å². The number of pyridine rings is 1. The smallest absolute Gasteiger partial charge is 0.274 e. The summed E-state index contributed by atoms with van der Waals surface area (Å²) in [6.45, 7) is 0. The Morgan fingerprint density at radius 2 is 1.76 bits per heavy atom. The number of hydrogen-bond acceptors (Lipinski definition) is 3. The Balaban J connectivity index is 2.08. The summed E-state index contributed by atoms with van der Waals surface area (Å²) in [5.41, 5.74) is 1.51. The molecule has 1 N–H and O–H groups in total. The van der Waals surface area contributed by atoms with Gasteiger partial charge in [0, 0.05) is 36.0 Å². The minimum atomic E-state index is -0.297. The molecule has 2 rings (SSSR count). The Morgan fingerprint density at radius 3 is 2.29 bits per heavy atom. The fourth-order valence-corrected chi connectivity index (χ4v) is 1.89. The zero-order valence-corrected chi connectivity index (χ0v) is 13.2. The van der Waals surface area contributed by atoms with E-state index in [0.29, 0.717) is 16.9 Å². The zero-order chi connectivity index (χ0) is 15.4. The van der Waals surface area contributed by atoms with Gasteiger partial charge in [0.1, 0.15) is 5.69 Å². The van der Waals surface area contributed by atoms with Crippen molar-refractivity contribution in [2.75, 3.05) is 19.4 Å². The molecule has 0 fully saturated rings. The highest BCUT2D eigenvalue weighted by molar-refractivity contribution is 9.10. The van der Waals surface area contributed by atoms with Gasteiger partial charge in [-0.3, -0.25) is 9.59 Å². The molecular formula is C15H14BrN3O2. The molecule has 0 unspecified atom stereocenters. The summed E-state index contributed by atoms with van der Waals surface area (Å²) in [7, 11) is 3.38. The Kier molecular flexibility index (Phi) is 4.70. The second kappa shape index (κ2) is 6.49. The zero-order valence-electron chi connectivity index (χ0n) is 11.6. The molecule has 1 aromatic carbocycles. The average molecular weight is 348 g/mol. The second-order valence-electron chi connectivity index (χ2n) is 4.59. The maximum absolute atomic E-state index is 12.0. The van der Waals surface area contributed by atoms with Crippen LogP contribution < -0.4 is 5.32 Å². The van der Waals surface area contributed by atoms with Gasteiger partial charge < -0.3 is 10.2 Å². The van der Waals surface area contributed by atoms with Crippen LogP contribution >= 0.6 is 15.9 Å². The molecule has 5 nitrogen and oxygen atoms in total. The van der Waals surface area contributed by atoms with E-state index in [0.717, 1.165) is 4.47 Å².